The number of ether oxygens (including phenoxy) is 1. The second kappa shape index (κ2) is 7.13. The fraction of sp³-hybridized carbons (Fsp3) is 0.600. The highest BCUT2D eigenvalue weighted by Crippen LogP contribution is 2.24. The topological polar surface area (TPSA) is 58.6 Å². The van der Waals surface area contributed by atoms with E-state index in [1.807, 2.05) is 0 Å². The van der Waals surface area contributed by atoms with E-state index < -0.39 is 10.0 Å². The van der Waals surface area contributed by atoms with Gasteiger partial charge in [-0.3, -0.25) is 4.31 Å². The first-order chi connectivity index (χ1) is 10.0. The Morgan fingerprint density at radius 2 is 2.05 bits per heavy atom. The lowest BCUT2D eigenvalue weighted by molar-refractivity contribution is 0.365. The molecule has 0 bridgehead atoms. The molecule has 6 heteroatoms. The van der Waals surface area contributed by atoms with Crippen molar-refractivity contribution in [2.75, 3.05) is 37.3 Å². The van der Waals surface area contributed by atoms with Gasteiger partial charge in [-0.15, -0.1) is 0 Å². The SMILES string of the molecule is COc1cccc(N(C)S(=O)(=O)CCC2CCNCC2)c1. The zero-order valence-electron chi connectivity index (χ0n) is 12.7. The molecule has 1 aliphatic heterocycles. The fourth-order valence-corrected chi connectivity index (χ4v) is 3.93. The molecule has 1 heterocycles. The summed E-state index contributed by atoms with van der Waals surface area (Å²) in [5.41, 5.74) is 0.639. The highest BCUT2D eigenvalue weighted by Gasteiger charge is 2.22. The lowest BCUT2D eigenvalue weighted by Crippen LogP contribution is -2.32. The second-order valence-electron chi connectivity index (χ2n) is 5.47. The lowest BCUT2D eigenvalue weighted by Gasteiger charge is -2.24. The van der Waals surface area contributed by atoms with Crippen molar-refractivity contribution >= 4 is 15.7 Å². The fourth-order valence-electron chi connectivity index (χ4n) is 2.59. The average Bonchev–Trinajstić information content (AvgIpc) is 2.53. The van der Waals surface area contributed by atoms with Gasteiger partial charge in [-0.1, -0.05) is 6.07 Å². The van der Waals surface area contributed by atoms with Crippen LogP contribution in [0.5, 0.6) is 5.75 Å². The molecule has 5 nitrogen and oxygen atoms in total. The van der Waals surface area contributed by atoms with E-state index in [1.54, 1.807) is 38.4 Å². The zero-order chi connectivity index (χ0) is 15.3. The van der Waals surface area contributed by atoms with Crippen molar-refractivity contribution in [2.45, 2.75) is 19.3 Å². The van der Waals surface area contributed by atoms with Crippen molar-refractivity contribution in [3.63, 3.8) is 0 Å². The number of nitrogens with one attached hydrogen (secondary N) is 1. The van der Waals surface area contributed by atoms with E-state index in [9.17, 15) is 8.42 Å². The number of benzene rings is 1. The number of methoxy groups -OCH3 is 1. The van der Waals surface area contributed by atoms with Crippen LogP contribution >= 0.6 is 0 Å². The first-order valence-electron chi connectivity index (χ1n) is 7.34. The van der Waals surface area contributed by atoms with Crippen LogP contribution in [0.2, 0.25) is 0 Å². The van der Waals surface area contributed by atoms with E-state index in [4.69, 9.17) is 4.74 Å². The molecule has 0 aromatic heterocycles. The van der Waals surface area contributed by atoms with Crippen LogP contribution in [0, 0.1) is 5.92 Å². The van der Waals surface area contributed by atoms with Crippen LogP contribution in [-0.2, 0) is 10.0 Å². The van der Waals surface area contributed by atoms with Gasteiger partial charge in [-0.2, -0.15) is 0 Å². The van der Waals surface area contributed by atoms with Crippen molar-refractivity contribution in [3.05, 3.63) is 24.3 Å². The van der Waals surface area contributed by atoms with Gasteiger partial charge in [0.15, 0.2) is 0 Å². The summed E-state index contributed by atoms with van der Waals surface area (Å²) in [5.74, 6) is 1.37. The third-order valence-electron chi connectivity index (χ3n) is 4.08. The van der Waals surface area contributed by atoms with Crippen LogP contribution in [0.3, 0.4) is 0 Å². The quantitative estimate of drug-likeness (QED) is 0.871. The van der Waals surface area contributed by atoms with Crippen LogP contribution in [-0.4, -0.2) is 41.4 Å². The summed E-state index contributed by atoms with van der Waals surface area (Å²) in [4.78, 5) is 0. The molecule has 1 fully saturated rings. The molecule has 1 aliphatic rings. The van der Waals surface area contributed by atoms with E-state index in [-0.39, 0.29) is 5.75 Å². The number of hydrogen-bond donors (Lipinski definition) is 1. The van der Waals surface area contributed by atoms with Crippen LogP contribution in [0.15, 0.2) is 24.3 Å². The van der Waals surface area contributed by atoms with Crippen molar-refractivity contribution in [3.8, 4) is 5.75 Å². The first kappa shape index (κ1) is 16.1. The minimum atomic E-state index is -3.28. The van der Waals surface area contributed by atoms with Gasteiger partial charge in [0.1, 0.15) is 5.75 Å². The second-order valence-corrected chi connectivity index (χ2v) is 7.59. The summed E-state index contributed by atoms with van der Waals surface area (Å²) in [6.07, 6.45) is 2.87. The molecule has 1 aromatic carbocycles. The molecule has 0 atom stereocenters. The Morgan fingerprint density at radius 3 is 2.71 bits per heavy atom. The Labute approximate surface area is 127 Å². The molecule has 118 valence electrons. The number of sulfonamides is 1. The summed E-state index contributed by atoms with van der Waals surface area (Å²) < 4.78 is 31.4. The van der Waals surface area contributed by atoms with Gasteiger partial charge in [0.05, 0.1) is 18.6 Å². The minimum Gasteiger partial charge on any atom is -0.497 e. The smallest absolute Gasteiger partial charge is 0.234 e. The average molecular weight is 312 g/mol. The van der Waals surface area contributed by atoms with Gasteiger partial charge in [0, 0.05) is 13.1 Å². The molecule has 1 saturated heterocycles. The highest BCUT2D eigenvalue weighted by molar-refractivity contribution is 7.92. The molecule has 0 saturated carbocycles. The molecule has 2 rings (SSSR count). The van der Waals surface area contributed by atoms with E-state index in [2.05, 4.69) is 5.32 Å². The van der Waals surface area contributed by atoms with Crippen LogP contribution in [0.25, 0.3) is 0 Å². The van der Waals surface area contributed by atoms with E-state index in [0.717, 1.165) is 32.4 Å². The van der Waals surface area contributed by atoms with Crippen molar-refractivity contribution in [1.29, 1.82) is 0 Å². The largest absolute Gasteiger partial charge is 0.497 e. The van der Waals surface area contributed by atoms with Crippen molar-refractivity contribution < 1.29 is 13.2 Å². The third kappa shape index (κ3) is 4.35. The molecule has 0 radical (unpaired) electrons. The Balaban J connectivity index is 2.00. The Morgan fingerprint density at radius 1 is 1.33 bits per heavy atom. The maximum absolute atomic E-state index is 12.4. The van der Waals surface area contributed by atoms with Crippen molar-refractivity contribution in [2.24, 2.45) is 5.92 Å². The predicted molar refractivity (Wildman–Crippen MR) is 85.4 cm³/mol. The van der Waals surface area contributed by atoms with Gasteiger partial charge in [0.2, 0.25) is 10.0 Å². The third-order valence-corrected chi connectivity index (χ3v) is 5.87. The predicted octanol–water partition coefficient (Wildman–Crippen LogP) is 1.85. The van der Waals surface area contributed by atoms with Gasteiger partial charge in [0.25, 0.3) is 0 Å². The van der Waals surface area contributed by atoms with Gasteiger partial charge in [-0.05, 0) is 50.4 Å². The van der Waals surface area contributed by atoms with Crippen LogP contribution in [0.4, 0.5) is 5.69 Å². The standard InChI is InChI=1S/C15H24N2O3S/c1-17(14-4-3-5-15(12-14)20-2)21(18,19)11-8-13-6-9-16-10-7-13/h3-5,12-13,16H,6-11H2,1-2H3. The first-order valence-corrected chi connectivity index (χ1v) is 8.95. The van der Waals surface area contributed by atoms with Gasteiger partial charge in [-0.25, -0.2) is 8.42 Å². The Bertz CT molecular complexity index is 554. The van der Waals surface area contributed by atoms with E-state index >= 15 is 0 Å². The van der Waals surface area contributed by atoms with E-state index in [1.165, 1.54) is 4.31 Å². The Hall–Kier alpha value is -1.27. The van der Waals surface area contributed by atoms with Gasteiger partial charge >= 0.3 is 0 Å². The molecule has 1 aromatic rings. The summed E-state index contributed by atoms with van der Waals surface area (Å²) in [6.45, 7) is 1.99. The molecule has 0 aliphatic carbocycles. The maximum atomic E-state index is 12.4. The molecular formula is C15H24N2O3S. The van der Waals surface area contributed by atoms with Crippen LogP contribution in [0.1, 0.15) is 19.3 Å². The number of anilines is 1. The molecule has 0 spiro atoms. The van der Waals surface area contributed by atoms with E-state index in [0.29, 0.717) is 17.4 Å². The lowest BCUT2D eigenvalue weighted by atomic mass is 9.96. The molecule has 0 unspecified atom stereocenters. The van der Waals surface area contributed by atoms with Crippen molar-refractivity contribution in [1.82, 2.24) is 5.32 Å². The number of piperidine rings is 1. The monoisotopic (exact) mass is 312 g/mol. The maximum Gasteiger partial charge on any atom is 0.234 e. The molecule has 1 N–H and O–H groups in total. The molecular weight excluding hydrogens is 288 g/mol. The summed E-state index contributed by atoms with van der Waals surface area (Å²) in [6, 6.07) is 7.12. The highest BCUT2D eigenvalue weighted by atomic mass is 32.2. The number of nitrogens with zero attached hydrogens (tertiary/aromatic N) is 1. The molecule has 0 amide bonds. The zero-order valence-corrected chi connectivity index (χ0v) is 13.5. The molecule has 21 heavy (non-hydrogen) atoms. The summed E-state index contributed by atoms with van der Waals surface area (Å²) in [7, 11) is -0.102. The normalized spacial score (nSPS) is 16.7. The van der Waals surface area contributed by atoms with Gasteiger partial charge < -0.3 is 10.1 Å². The number of rotatable bonds is 6. The Kier molecular flexibility index (Phi) is 5.47. The van der Waals surface area contributed by atoms with Crippen LogP contribution < -0.4 is 14.4 Å². The summed E-state index contributed by atoms with van der Waals surface area (Å²) >= 11 is 0. The summed E-state index contributed by atoms with van der Waals surface area (Å²) in [5, 5.41) is 3.30. The minimum absolute atomic E-state index is 0.200. The number of hydrogen-bond acceptors (Lipinski definition) is 4.